The summed E-state index contributed by atoms with van der Waals surface area (Å²) < 4.78 is 0. The van der Waals surface area contributed by atoms with Gasteiger partial charge in [0.05, 0.1) is 6.20 Å². The van der Waals surface area contributed by atoms with Gasteiger partial charge in [-0.05, 0) is 29.8 Å². The summed E-state index contributed by atoms with van der Waals surface area (Å²) in [6, 6.07) is 18.3. The number of hydrogen-bond acceptors (Lipinski definition) is 3. The predicted molar refractivity (Wildman–Crippen MR) is 99.5 cm³/mol. The Morgan fingerprint density at radius 1 is 1.12 bits per heavy atom. The summed E-state index contributed by atoms with van der Waals surface area (Å²) in [5, 5.41) is 7.06. The van der Waals surface area contributed by atoms with Gasteiger partial charge in [0.2, 0.25) is 0 Å². The largest absolute Gasteiger partial charge is 0.334 e. The molecule has 126 valence electrons. The lowest BCUT2D eigenvalue weighted by Crippen LogP contribution is -2.35. The molecular formula is C20H19N3OS. The number of fused-ring (bicyclic) bond motifs is 1. The second kappa shape index (κ2) is 7.15. The van der Waals surface area contributed by atoms with E-state index in [0.717, 1.165) is 35.5 Å². The number of amides is 1. The highest BCUT2D eigenvalue weighted by atomic mass is 32.2. The van der Waals surface area contributed by atoms with Crippen LogP contribution in [0.5, 0.6) is 0 Å². The number of carbonyl (C=O) groups is 1. The molecule has 25 heavy (non-hydrogen) atoms. The Morgan fingerprint density at radius 2 is 1.92 bits per heavy atom. The van der Waals surface area contributed by atoms with Crippen molar-refractivity contribution in [1.29, 1.82) is 0 Å². The highest BCUT2D eigenvalue weighted by molar-refractivity contribution is 7.98. The number of nitrogens with zero attached hydrogens (tertiary/aromatic N) is 2. The molecule has 0 spiro atoms. The van der Waals surface area contributed by atoms with E-state index in [1.165, 1.54) is 10.5 Å². The lowest BCUT2D eigenvalue weighted by atomic mass is 10.1. The smallest absolute Gasteiger partial charge is 0.254 e. The maximum atomic E-state index is 12.7. The number of benzene rings is 2. The third-order valence-corrected chi connectivity index (χ3v) is 5.52. The molecule has 1 aromatic heterocycles. The van der Waals surface area contributed by atoms with Crippen molar-refractivity contribution in [3.63, 3.8) is 0 Å². The molecule has 0 saturated heterocycles. The Bertz CT molecular complexity index is 858. The highest BCUT2D eigenvalue weighted by Gasteiger charge is 2.22. The topological polar surface area (TPSA) is 49.0 Å². The number of aromatic nitrogens is 2. The second-order valence-electron chi connectivity index (χ2n) is 6.15. The minimum absolute atomic E-state index is 0.0893. The number of carbonyl (C=O) groups excluding carboxylic acids is 1. The van der Waals surface area contributed by atoms with Crippen LogP contribution < -0.4 is 0 Å². The van der Waals surface area contributed by atoms with Gasteiger partial charge in [0.25, 0.3) is 5.91 Å². The van der Waals surface area contributed by atoms with Crippen molar-refractivity contribution >= 4 is 17.7 Å². The van der Waals surface area contributed by atoms with E-state index in [4.69, 9.17) is 0 Å². The standard InChI is InChI=1S/C20H19N3OS/c24-20(23-11-10-19-17(13-23)12-21-22-19)16-6-8-18(9-7-16)25-14-15-4-2-1-3-5-15/h1-9,12H,10-11,13-14H2,(H,21,22). The molecule has 0 unspecified atom stereocenters. The van der Waals surface area contributed by atoms with E-state index in [1.807, 2.05) is 41.4 Å². The Kier molecular flexibility index (Phi) is 4.57. The van der Waals surface area contributed by atoms with Crippen molar-refractivity contribution in [2.45, 2.75) is 23.6 Å². The number of hydrogen-bond donors (Lipinski definition) is 1. The molecule has 0 fully saturated rings. The van der Waals surface area contributed by atoms with Gasteiger partial charge >= 0.3 is 0 Å². The molecule has 3 aromatic rings. The van der Waals surface area contributed by atoms with Gasteiger partial charge in [-0.15, -0.1) is 11.8 Å². The van der Waals surface area contributed by atoms with E-state index in [9.17, 15) is 4.79 Å². The van der Waals surface area contributed by atoms with Gasteiger partial charge in [-0.25, -0.2) is 0 Å². The fraction of sp³-hybridized carbons (Fsp3) is 0.200. The van der Waals surface area contributed by atoms with E-state index in [1.54, 1.807) is 11.8 Å². The van der Waals surface area contributed by atoms with E-state index < -0.39 is 0 Å². The van der Waals surface area contributed by atoms with Crippen LogP contribution in [-0.4, -0.2) is 27.5 Å². The number of nitrogens with one attached hydrogen (secondary N) is 1. The van der Waals surface area contributed by atoms with Crippen LogP contribution in [0, 0.1) is 0 Å². The van der Waals surface area contributed by atoms with Gasteiger partial charge in [-0.2, -0.15) is 5.10 Å². The second-order valence-corrected chi connectivity index (χ2v) is 7.20. The monoisotopic (exact) mass is 349 g/mol. The Hall–Kier alpha value is -2.53. The van der Waals surface area contributed by atoms with E-state index >= 15 is 0 Å². The summed E-state index contributed by atoms with van der Waals surface area (Å²) in [7, 11) is 0. The van der Waals surface area contributed by atoms with Crippen molar-refractivity contribution in [3.8, 4) is 0 Å². The maximum Gasteiger partial charge on any atom is 0.254 e. The molecular weight excluding hydrogens is 330 g/mol. The van der Waals surface area contributed by atoms with Gasteiger partial charge in [0.15, 0.2) is 0 Å². The van der Waals surface area contributed by atoms with Crippen LogP contribution in [0.25, 0.3) is 0 Å². The lowest BCUT2D eigenvalue weighted by molar-refractivity contribution is 0.0734. The van der Waals surface area contributed by atoms with Gasteiger partial charge in [-0.1, -0.05) is 30.3 Å². The van der Waals surface area contributed by atoms with Crippen molar-refractivity contribution in [2.24, 2.45) is 0 Å². The van der Waals surface area contributed by atoms with Crippen LogP contribution in [0.15, 0.2) is 65.7 Å². The van der Waals surface area contributed by atoms with Crippen LogP contribution in [0.1, 0.15) is 27.2 Å². The van der Waals surface area contributed by atoms with Crippen LogP contribution in [0.3, 0.4) is 0 Å². The third-order valence-electron chi connectivity index (χ3n) is 4.44. The van der Waals surface area contributed by atoms with Crippen molar-refractivity contribution in [3.05, 3.63) is 83.2 Å². The first-order chi connectivity index (χ1) is 12.3. The van der Waals surface area contributed by atoms with Gasteiger partial charge < -0.3 is 4.90 Å². The third kappa shape index (κ3) is 3.61. The summed E-state index contributed by atoms with van der Waals surface area (Å²) in [6.07, 6.45) is 2.66. The highest BCUT2D eigenvalue weighted by Crippen LogP contribution is 2.24. The zero-order chi connectivity index (χ0) is 17.1. The molecule has 0 saturated carbocycles. The average molecular weight is 349 g/mol. The number of thioether (sulfide) groups is 1. The summed E-state index contributed by atoms with van der Waals surface area (Å²) in [5.74, 6) is 1.02. The SMILES string of the molecule is O=C(c1ccc(SCc2ccccc2)cc1)N1CCc2[nH]ncc2C1. The Morgan fingerprint density at radius 3 is 2.72 bits per heavy atom. The molecule has 0 aliphatic carbocycles. The van der Waals surface area contributed by atoms with Gasteiger partial charge in [0, 0.05) is 47.0 Å². The quantitative estimate of drug-likeness (QED) is 0.727. The molecule has 0 radical (unpaired) electrons. The van der Waals surface area contributed by atoms with E-state index in [2.05, 4.69) is 34.5 Å². The number of H-pyrrole nitrogens is 1. The molecule has 1 N–H and O–H groups in total. The fourth-order valence-electron chi connectivity index (χ4n) is 3.01. The predicted octanol–water partition coefficient (Wildman–Crippen LogP) is 3.90. The van der Waals surface area contributed by atoms with Gasteiger partial charge in [-0.3, -0.25) is 9.89 Å². The van der Waals surface area contributed by atoms with Crippen molar-refractivity contribution in [2.75, 3.05) is 6.54 Å². The van der Waals surface area contributed by atoms with Gasteiger partial charge in [0.1, 0.15) is 0 Å². The molecule has 1 aliphatic heterocycles. The first-order valence-electron chi connectivity index (χ1n) is 8.37. The zero-order valence-corrected chi connectivity index (χ0v) is 14.6. The minimum Gasteiger partial charge on any atom is -0.334 e. The molecule has 4 rings (SSSR count). The van der Waals surface area contributed by atoms with Crippen molar-refractivity contribution in [1.82, 2.24) is 15.1 Å². The summed E-state index contributed by atoms with van der Waals surface area (Å²) >= 11 is 1.78. The molecule has 4 nitrogen and oxygen atoms in total. The fourth-order valence-corrected chi connectivity index (χ4v) is 3.87. The minimum atomic E-state index is 0.0893. The zero-order valence-electron chi connectivity index (χ0n) is 13.8. The first kappa shape index (κ1) is 16.0. The normalized spacial score (nSPS) is 13.5. The molecule has 0 atom stereocenters. The Balaban J connectivity index is 1.39. The molecule has 5 heteroatoms. The van der Waals surface area contributed by atoms with Crippen LogP contribution in [0.2, 0.25) is 0 Å². The maximum absolute atomic E-state index is 12.7. The lowest BCUT2D eigenvalue weighted by Gasteiger charge is -2.26. The van der Waals surface area contributed by atoms with E-state index in [-0.39, 0.29) is 5.91 Å². The molecule has 1 aliphatic rings. The summed E-state index contributed by atoms with van der Waals surface area (Å²) in [6.45, 7) is 1.37. The molecule has 1 amide bonds. The molecule has 2 heterocycles. The van der Waals surface area contributed by atoms with Crippen molar-refractivity contribution < 1.29 is 4.79 Å². The molecule has 2 aromatic carbocycles. The average Bonchev–Trinajstić information content (AvgIpc) is 3.15. The number of rotatable bonds is 4. The molecule has 0 bridgehead atoms. The van der Waals surface area contributed by atoms with E-state index in [0.29, 0.717) is 6.54 Å². The summed E-state index contributed by atoms with van der Waals surface area (Å²) in [4.78, 5) is 15.8. The van der Waals surface area contributed by atoms with Crippen LogP contribution >= 0.6 is 11.8 Å². The summed E-state index contributed by atoms with van der Waals surface area (Å²) in [5.41, 5.74) is 4.32. The van der Waals surface area contributed by atoms with Crippen LogP contribution in [0.4, 0.5) is 0 Å². The number of aromatic amines is 1. The Labute approximate surface area is 151 Å². The van der Waals surface area contributed by atoms with Crippen LogP contribution in [-0.2, 0) is 18.7 Å². The first-order valence-corrected chi connectivity index (χ1v) is 9.35.